The van der Waals surface area contributed by atoms with Crippen molar-refractivity contribution in [2.75, 3.05) is 24.5 Å². The SMILES string of the molecule is CC1(O)CCN(Cc2ccc(N3C[C@H](NC(=O)C4=NN=C(CCc5ccc(Cl)cc5)CC4)CC3=O)cc2)CC1. The molecule has 2 fully saturated rings. The molecule has 0 radical (unpaired) electrons. The Labute approximate surface area is 234 Å². The van der Waals surface area contributed by atoms with E-state index < -0.39 is 5.60 Å². The van der Waals surface area contributed by atoms with Gasteiger partial charge in [0.25, 0.3) is 5.91 Å². The monoisotopic (exact) mass is 549 g/mol. The summed E-state index contributed by atoms with van der Waals surface area (Å²) in [6.07, 6.45) is 4.74. The van der Waals surface area contributed by atoms with Crippen LogP contribution in [0.5, 0.6) is 0 Å². The molecule has 0 saturated carbocycles. The number of nitrogens with zero attached hydrogens (tertiary/aromatic N) is 4. The predicted octanol–water partition coefficient (Wildman–Crippen LogP) is 4.13. The van der Waals surface area contributed by atoms with Gasteiger partial charge in [-0.15, -0.1) is 5.10 Å². The van der Waals surface area contributed by atoms with Crippen molar-refractivity contribution >= 4 is 40.5 Å². The molecular formula is C30H36ClN5O3. The van der Waals surface area contributed by atoms with Crippen LogP contribution in [0.15, 0.2) is 58.7 Å². The lowest BCUT2D eigenvalue weighted by Crippen LogP contribution is -2.42. The number of carbonyl (C=O) groups is 2. The molecule has 0 spiro atoms. The molecule has 9 heteroatoms. The van der Waals surface area contributed by atoms with E-state index in [0.29, 0.717) is 25.1 Å². The third kappa shape index (κ3) is 7.32. The van der Waals surface area contributed by atoms with Crippen molar-refractivity contribution < 1.29 is 14.7 Å². The summed E-state index contributed by atoms with van der Waals surface area (Å²) in [5.41, 5.74) is 4.06. The molecule has 2 saturated heterocycles. The third-order valence-electron chi connectivity index (χ3n) is 7.89. The minimum atomic E-state index is -0.555. The fourth-order valence-corrected chi connectivity index (χ4v) is 5.45. The first-order valence-electron chi connectivity index (χ1n) is 13.8. The maximum atomic E-state index is 12.8. The van der Waals surface area contributed by atoms with E-state index in [2.05, 4.69) is 32.6 Å². The van der Waals surface area contributed by atoms with Crippen molar-refractivity contribution in [3.63, 3.8) is 0 Å². The van der Waals surface area contributed by atoms with Crippen molar-refractivity contribution in [3.8, 4) is 0 Å². The normalized spacial score (nSPS) is 21.5. The maximum Gasteiger partial charge on any atom is 0.267 e. The number of benzene rings is 2. The highest BCUT2D eigenvalue weighted by Crippen LogP contribution is 2.25. The number of rotatable bonds is 8. The quantitative estimate of drug-likeness (QED) is 0.517. The molecule has 1 atom stereocenters. The Kier molecular flexibility index (Phi) is 8.45. The van der Waals surface area contributed by atoms with Gasteiger partial charge in [-0.3, -0.25) is 14.5 Å². The van der Waals surface area contributed by atoms with Gasteiger partial charge in [0, 0.05) is 55.4 Å². The van der Waals surface area contributed by atoms with Crippen LogP contribution >= 0.6 is 11.6 Å². The zero-order chi connectivity index (χ0) is 27.4. The molecule has 0 unspecified atom stereocenters. The largest absolute Gasteiger partial charge is 0.390 e. The number of anilines is 1. The molecule has 5 rings (SSSR count). The van der Waals surface area contributed by atoms with Crippen LogP contribution in [0.2, 0.25) is 5.02 Å². The van der Waals surface area contributed by atoms with Gasteiger partial charge in [-0.25, -0.2) is 0 Å². The van der Waals surface area contributed by atoms with Crippen LogP contribution in [0.4, 0.5) is 5.69 Å². The highest BCUT2D eigenvalue weighted by molar-refractivity contribution is 6.39. The minimum absolute atomic E-state index is 0.000554. The zero-order valence-corrected chi connectivity index (χ0v) is 23.2. The second-order valence-electron chi connectivity index (χ2n) is 11.2. The van der Waals surface area contributed by atoms with Crippen LogP contribution in [-0.4, -0.2) is 64.5 Å². The summed E-state index contributed by atoms with van der Waals surface area (Å²) in [5, 5.41) is 22.4. The molecule has 3 aliphatic rings. The Morgan fingerprint density at radius 1 is 1.03 bits per heavy atom. The van der Waals surface area contributed by atoms with Gasteiger partial charge in [0.05, 0.1) is 11.6 Å². The summed E-state index contributed by atoms with van der Waals surface area (Å²) in [4.78, 5) is 29.6. The molecule has 206 valence electrons. The van der Waals surface area contributed by atoms with Crippen LogP contribution in [0.3, 0.4) is 0 Å². The molecule has 39 heavy (non-hydrogen) atoms. The first-order chi connectivity index (χ1) is 18.7. The van der Waals surface area contributed by atoms with Crippen LogP contribution in [-0.2, 0) is 22.6 Å². The molecule has 2 N–H and O–H groups in total. The van der Waals surface area contributed by atoms with Gasteiger partial charge in [-0.1, -0.05) is 35.9 Å². The lowest BCUT2D eigenvalue weighted by molar-refractivity contribution is -0.117. The van der Waals surface area contributed by atoms with Gasteiger partial charge in [-0.2, -0.15) is 5.10 Å². The number of aryl methyl sites for hydroxylation is 1. The lowest BCUT2D eigenvalue weighted by Gasteiger charge is -2.35. The van der Waals surface area contributed by atoms with E-state index in [9.17, 15) is 14.7 Å². The number of nitrogens with one attached hydrogen (secondary N) is 1. The summed E-state index contributed by atoms with van der Waals surface area (Å²) in [6.45, 7) is 4.93. The zero-order valence-electron chi connectivity index (χ0n) is 22.4. The number of amides is 2. The molecular weight excluding hydrogens is 514 g/mol. The third-order valence-corrected chi connectivity index (χ3v) is 8.14. The first kappa shape index (κ1) is 27.5. The van der Waals surface area contributed by atoms with Gasteiger partial charge in [0.2, 0.25) is 5.91 Å². The van der Waals surface area contributed by atoms with Crippen LogP contribution in [0.25, 0.3) is 0 Å². The molecule has 3 heterocycles. The molecule has 2 aromatic rings. The fraction of sp³-hybridized carbons (Fsp3) is 0.467. The Balaban J connectivity index is 1.10. The number of hydrogen-bond acceptors (Lipinski definition) is 6. The van der Waals surface area contributed by atoms with Crippen molar-refractivity contribution in [2.24, 2.45) is 10.2 Å². The van der Waals surface area contributed by atoms with Crippen LogP contribution in [0, 0.1) is 0 Å². The van der Waals surface area contributed by atoms with E-state index in [1.165, 1.54) is 11.1 Å². The number of halogens is 1. The Morgan fingerprint density at radius 2 is 1.72 bits per heavy atom. The highest BCUT2D eigenvalue weighted by Gasteiger charge is 2.33. The average Bonchev–Trinajstić information content (AvgIpc) is 3.30. The standard InChI is InChI=1S/C30H36ClN5O3/c1-30(39)14-16-35(17-15-30)19-22-5-11-26(12-6-22)36-20-25(18-28(36)37)32-29(38)27-13-10-24(33-34-27)9-4-21-2-7-23(31)8-3-21/h2-3,5-8,11-12,25,39H,4,9-10,13-20H2,1H3,(H,32,38)/t25-/m1/s1. The van der Waals surface area contributed by atoms with Gasteiger partial charge in [-0.05, 0) is 74.4 Å². The number of piperidine rings is 1. The molecule has 0 aromatic heterocycles. The molecule has 2 amide bonds. The molecule has 2 aromatic carbocycles. The summed E-state index contributed by atoms with van der Waals surface area (Å²) >= 11 is 5.95. The van der Waals surface area contributed by atoms with Crippen LogP contribution in [0.1, 0.15) is 56.6 Å². The van der Waals surface area contributed by atoms with Crippen molar-refractivity contribution in [1.29, 1.82) is 0 Å². The lowest BCUT2D eigenvalue weighted by atomic mass is 9.93. The van der Waals surface area contributed by atoms with Crippen molar-refractivity contribution in [2.45, 2.75) is 70.1 Å². The average molecular weight is 550 g/mol. The summed E-state index contributed by atoms with van der Waals surface area (Å²) in [5.74, 6) is -0.245. The van der Waals surface area contributed by atoms with Crippen LogP contribution < -0.4 is 10.2 Å². The van der Waals surface area contributed by atoms with Gasteiger partial charge in [0.1, 0.15) is 5.71 Å². The Morgan fingerprint density at radius 3 is 2.38 bits per heavy atom. The number of aliphatic hydroxyl groups is 1. The van der Waals surface area contributed by atoms with E-state index in [1.54, 1.807) is 4.90 Å². The molecule has 0 aliphatic carbocycles. The second-order valence-corrected chi connectivity index (χ2v) is 11.6. The number of likely N-dealkylation sites (tertiary alicyclic amines) is 1. The molecule has 8 nitrogen and oxygen atoms in total. The van der Waals surface area contributed by atoms with Crippen molar-refractivity contribution in [1.82, 2.24) is 10.2 Å². The van der Waals surface area contributed by atoms with E-state index in [0.717, 1.165) is 61.7 Å². The Hall–Kier alpha value is -3.07. The number of hydrogen-bond donors (Lipinski definition) is 2. The summed E-state index contributed by atoms with van der Waals surface area (Å²) in [6, 6.07) is 15.6. The molecule has 0 bridgehead atoms. The topological polar surface area (TPSA) is 97.6 Å². The van der Waals surface area contributed by atoms with Gasteiger partial charge < -0.3 is 15.3 Å². The van der Waals surface area contributed by atoms with Gasteiger partial charge >= 0.3 is 0 Å². The minimum Gasteiger partial charge on any atom is -0.390 e. The highest BCUT2D eigenvalue weighted by atomic mass is 35.5. The fourth-order valence-electron chi connectivity index (χ4n) is 5.32. The van der Waals surface area contributed by atoms with Crippen molar-refractivity contribution in [3.05, 3.63) is 64.7 Å². The number of carbonyl (C=O) groups excluding carboxylic acids is 2. The predicted molar refractivity (Wildman–Crippen MR) is 154 cm³/mol. The summed E-state index contributed by atoms with van der Waals surface area (Å²) in [7, 11) is 0. The first-order valence-corrected chi connectivity index (χ1v) is 14.1. The van der Waals surface area contributed by atoms with Gasteiger partial charge in [0.15, 0.2) is 0 Å². The van der Waals surface area contributed by atoms with E-state index in [4.69, 9.17) is 11.6 Å². The summed E-state index contributed by atoms with van der Waals surface area (Å²) < 4.78 is 0. The molecule has 3 aliphatic heterocycles. The van der Waals surface area contributed by atoms with E-state index >= 15 is 0 Å². The maximum absolute atomic E-state index is 12.8. The second kappa shape index (κ2) is 12.0. The van der Waals surface area contributed by atoms with E-state index in [1.807, 2.05) is 43.3 Å². The smallest absolute Gasteiger partial charge is 0.267 e. The van der Waals surface area contributed by atoms with E-state index in [-0.39, 0.29) is 24.3 Å². The Bertz CT molecular complexity index is 1250.